The van der Waals surface area contributed by atoms with Gasteiger partial charge in [-0.05, 0) is 6.92 Å². The Hall–Kier alpha value is -0.170. The maximum Gasteiger partial charge on any atom is 0.110 e. The van der Waals surface area contributed by atoms with Gasteiger partial charge in [0.25, 0.3) is 0 Å². The van der Waals surface area contributed by atoms with Crippen LogP contribution in [0.4, 0.5) is 0 Å². The van der Waals surface area contributed by atoms with Crippen molar-refractivity contribution in [1.29, 1.82) is 0 Å². The Morgan fingerprint density at radius 1 is 1.65 bits per heavy atom. The predicted octanol–water partition coefficient (Wildman–Crippen LogP) is 1.13. The number of thioether (sulfide) groups is 2. The zero-order valence-electron chi connectivity index (χ0n) is 10.1. The molecule has 1 aromatic rings. The van der Waals surface area contributed by atoms with Crippen LogP contribution in [0.3, 0.4) is 0 Å². The number of aryl methyl sites for hydroxylation is 1. The third-order valence-electron chi connectivity index (χ3n) is 3.05. The minimum absolute atomic E-state index is 0.320. The van der Waals surface area contributed by atoms with Crippen molar-refractivity contribution >= 4 is 23.5 Å². The molecule has 17 heavy (non-hydrogen) atoms. The molecule has 3 N–H and O–H groups in total. The van der Waals surface area contributed by atoms with Crippen LogP contribution < -0.4 is 11.3 Å². The normalized spacial score (nSPS) is 22.6. The summed E-state index contributed by atoms with van der Waals surface area (Å²) in [5.74, 6) is 10.5. The SMILES string of the molecule is CCn1ccnc1CC(NN)C1CSCCS1. The number of aromatic nitrogens is 2. The Balaban J connectivity index is 1.98. The Kier molecular flexibility index (Phi) is 5.21. The molecule has 2 unspecified atom stereocenters. The number of hydrogen-bond donors (Lipinski definition) is 2. The summed E-state index contributed by atoms with van der Waals surface area (Å²) < 4.78 is 2.19. The molecule has 1 aliphatic rings. The van der Waals surface area contributed by atoms with Gasteiger partial charge < -0.3 is 4.57 Å². The number of nitrogens with one attached hydrogen (secondary N) is 1. The largest absolute Gasteiger partial charge is 0.335 e. The first kappa shape index (κ1) is 13.3. The van der Waals surface area contributed by atoms with E-state index >= 15 is 0 Å². The van der Waals surface area contributed by atoms with Gasteiger partial charge in [0.2, 0.25) is 0 Å². The minimum atomic E-state index is 0.320. The quantitative estimate of drug-likeness (QED) is 0.621. The lowest BCUT2D eigenvalue weighted by atomic mass is 10.1. The van der Waals surface area contributed by atoms with E-state index in [-0.39, 0.29) is 0 Å². The molecular weight excluding hydrogens is 252 g/mol. The van der Waals surface area contributed by atoms with Crippen molar-refractivity contribution in [3.8, 4) is 0 Å². The second-order valence-electron chi connectivity index (χ2n) is 4.09. The summed E-state index contributed by atoms with van der Waals surface area (Å²) in [5.41, 5.74) is 2.97. The van der Waals surface area contributed by atoms with Gasteiger partial charge in [-0.15, -0.1) is 0 Å². The van der Waals surface area contributed by atoms with Gasteiger partial charge in [0.15, 0.2) is 0 Å². The van der Waals surface area contributed by atoms with Crippen LogP contribution >= 0.6 is 23.5 Å². The van der Waals surface area contributed by atoms with E-state index in [2.05, 4.69) is 21.9 Å². The van der Waals surface area contributed by atoms with Crippen LogP contribution in [-0.2, 0) is 13.0 Å². The van der Waals surface area contributed by atoms with Crippen LogP contribution in [0.2, 0.25) is 0 Å². The van der Waals surface area contributed by atoms with Gasteiger partial charge in [-0.3, -0.25) is 11.3 Å². The minimum Gasteiger partial charge on any atom is -0.335 e. The fourth-order valence-corrected chi connectivity index (χ4v) is 4.92. The first-order valence-electron chi connectivity index (χ1n) is 6.00. The molecule has 2 atom stereocenters. The maximum absolute atomic E-state index is 5.70. The molecule has 1 aromatic heterocycles. The lowest BCUT2D eigenvalue weighted by Crippen LogP contribution is -2.46. The van der Waals surface area contributed by atoms with E-state index in [1.165, 1.54) is 17.3 Å². The number of nitrogens with zero attached hydrogens (tertiary/aromatic N) is 2. The first-order valence-corrected chi connectivity index (χ1v) is 8.21. The maximum atomic E-state index is 5.70. The molecule has 0 aromatic carbocycles. The van der Waals surface area contributed by atoms with E-state index in [0.29, 0.717) is 11.3 Å². The average Bonchev–Trinajstić information content (AvgIpc) is 2.84. The lowest BCUT2D eigenvalue weighted by molar-refractivity contribution is 0.500. The van der Waals surface area contributed by atoms with Crippen LogP contribution in [0.15, 0.2) is 12.4 Å². The van der Waals surface area contributed by atoms with Gasteiger partial charge in [0, 0.05) is 53.9 Å². The Bertz CT molecular complexity index is 336. The summed E-state index contributed by atoms with van der Waals surface area (Å²) in [7, 11) is 0. The van der Waals surface area contributed by atoms with Crippen LogP contribution in [0, 0.1) is 0 Å². The third kappa shape index (κ3) is 3.40. The molecule has 0 amide bonds. The number of rotatable bonds is 5. The second-order valence-corrected chi connectivity index (χ2v) is 6.59. The highest BCUT2D eigenvalue weighted by Crippen LogP contribution is 2.27. The molecule has 0 bridgehead atoms. The standard InChI is InChI=1S/C11H20N4S2/c1-2-15-4-3-13-11(15)7-9(14-12)10-8-16-5-6-17-10/h3-4,9-10,14H,2,5-8,12H2,1H3. The van der Waals surface area contributed by atoms with E-state index < -0.39 is 0 Å². The van der Waals surface area contributed by atoms with Crippen molar-refractivity contribution in [2.45, 2.75) is 31.2 Å². The highest BCUT2D eigenvalue weighted by atomic mass is 32.2. The number of hydrazine groups is 1. The lowest BCUT2D eigenvalue weighted by Gasteiger charge is -2.28. The van der Waals surface area contributed by atoms with Crippen LogP contribution in [0.1, 0.15) is 12.7 Å². The van der Waals surface area contributed by atoms with Crippen molar-refractivity contribution in [1.82, 2.24) is 15.0 Å². The number of imidazole rings is 1. The molecule has 0 radical (unpaired) electrons. The van der Waals surface area contributed by atoms with Crippen LogP contribution in [0.25, 0.3) is 0 Å². The highest BCUT2D eigenvalue weighted by molar-refractivity contribution is 8.06. The van der Waals surface area contributed by atoms with Gasteiger partial charge in [-0.25, -0.2) is 4.98 Å². The zero-order valence-corrected chi connectivity index (χ0v) is 11.8. The summed E-state index contributed by atoms with van der Waals surface area (Å²) in [4.78, 5) is 4.42. The highest BCUT2D eigenvalue weighted by Gasteiger charge is 2.25. The molecule has 2 rings (SSSR count). The summed E-state index contributed by atoms with van der Waals surface area (Å²) in [6, 6.07) is 0.320. The Labute approximate surface area is 111 Å². The monoisotopic (exact) mass is 272 g/mol. The van der Waals surface area contributed by atoms with E-state index in [9.17, 15) is 0 Å². The van der Waals surface area contributed by atoms with E-state index in [1.54, 1.807) is 0 Å². The smallest absolute Gasteiger partial charge is 0.110 e. The van der Waals surface area contributed by atoms with Gasteiger partial charge >= 0.3 is 0 Å². The number of hydrogen-bond acceptors (Lipinski definition) is 5. The second kappa shape index (κ2) is 6.68. The summed E-state index contributed by atoms with van der Waals surface area (Å²) >= 11 is 4.06. The molecular formula is C11H20N4S2. The van der Waals surface area contributed by atoms with Crippen molar-refractivity contribution < 1.29 is 0 Å². The van der Waals surface area contributed by atoms with Crippen LogP contribution in [0.5, 0.6) is 0 Å². The first-order chi connectivity index (χ1) is 8.35. The number of nitrogens with two attached hydrogens (primary N) is 1. The Morgan fingerprint density at radius 2 is 2.53 bits per heavy atom. The molecule has 0 aliphatic carbocycles. The zero-order chi connectivity index (χ0) is 12.1. The fourth-order valence-electron chi connectivity index (χ4n) is 2.05. The topological polar surface area (TPSA) is 55.9 Å². The molecule has 1 aliphatic heterocycles. The van der Waals surface area contributed by atoms with Gasteiger partial charge in [0.05, 0.1) is 0 Å². The van der Waals surface area contributed by atoms with Crippen molar-refractivity contribution in [2.24, 2.45) is 5.84 Å². The molecule has 1 saturated heterocycles. The summed E-state index contributed by atoms with van der Waals surface area (Å²) in [5, 5.41) is 0.598. The van der Waals surface area contributed by atoms with E-state index in [4.69, 9.17) is 5.84 Å². The van der Waals surface area contributed by atoms with E-state index in [0.717, 1.165) is 18.8 Å². The van der Waals surface area contributed by atoms with E-state index in [1.807, 2.05) is 35.9 Å². The molecule has 0 saturated carbocycles. The van der Waals surface area contributed by atoms with Crippen LogP contribution in [-0.4, -0.2) is 38.1 Å². The molecule has 0 spiro atoms. The summed E-state index contributed by atoms with van der Waals surface area (Å²) in [6.07, 6.45) is 4.82. The molecule has 2 heterocycles. The fraction of sp³-hybridized carbons (Fsp3) is 0.727. The molecule has 1 fully saturated rings. The van der Waals surface area contributed by atoms with Crippen molar-refractivity contribution in [3.05, 3.63) is 18.2 Å². The van der Waals surface area contributed by atoms with Gasteiger partial charge in [-0.1, -0.05) is 0 Å². The van der Waals surface area contributed by atoms with Crippen molar-refractivity contribution in [2.75, 3.05) is 17.3 Å². The third-order valence-corrected chi connectivity index (χ3v) is 5.97. The molecule has 4 nitrogen and oxygen atoms in total. The molecule has 96 valence electrons. The predicted molar refractivity (Wildman–Crippen MR) is 76.3 cm³/mol. The Morgan fingerprint density at radius 3 is 3.18 bits per heavy atom. The van der Waals surface area contributed by atoms with Gasteiger partial charge in [-0.2, -0.15) is 23.5 Å². The van der Waals surface area contributed by atoms with Crippen molar-refractivity contribution in [3.63, 3.8) is 0 Å². The summed E-state index contributed by atoms with van der Waals surface area (Å²) in [6.45, 7) is 3.11. The average molecular weight is 272 g/mol. The van der Waals surface area contributed by atoms with Gasteiger partial charge in [0.1, 0.15) is 5.82 Å². The molecule has 6 heteroatoms.